The molecule has 2 heterocycles. The summed E-state index contributed by atoms with van der Waals surface area (Å²) in [6, 6.07) is 14.9. The van der Waals surface area contributed by atoms with Gasteiger partial charge in [-0.25, -0.2) is 0 Å². The molecule has 2 aromatic rings. The molecule has 1 aromatic carbocycles. The van der Waals surface area contributed by atoms with Gasteiger partial charge in [0.05, 0.1) is 6.61 Å². The summed E-state index contributed by atoms with van der Waals surface area (Å²) in [5.74, 6) is 0. The number of ether oxygens (including phenoxy) is 1. The first-order valence-corrected chi connectivity index (χ1v) is 9.58. The zero-order chi connectivity index (χ0) is 18.4. The molecular formula is C22H31N3O. The van der Waals surface area contributed by atoms with Crippen molar-refractivity contribution in [2.75, 3.05) is 44.8 Å². The third-order valence-corrected chi connectivity index (χ3v) is 5.28. The van der Waals surface area contributed by atoms with E-state index in [0.717, 1.165) is 45.1 Å². The molecule has 1 saturated heterocycles. The fourth-order valence-electron chi connectivity index (χ4n) is 3.90. The van der Waals surface area contributed by atoms with Crippen LogP contribution in [0, 0.1) is 12.3 Å². The minimum atomic E-state index is 0.179. The van der Waals surface area contributed by atoms with Crippen molar-refractivity contribution in [3.8, 4) is 0 Å². The summed E-state index contributed by atoms with van der Waals surface area (Å²) in [7, 11) is 2.19. The number of rotatable bonds is 8. The van der Waals surface area contributed by atoms with Crippen LogP contribution in [0.5, 0.6) is 0 Å². The Balaban J connectivity index is 1.67. The molecule has 0 radical (unpaired) electrons. The Kier molecular flexibility index (Phi) is 6.28. The number of benzene rings is 1. The lowest BCUT2D eigenvalue weighted by Crippen LogP contribution is -2.41. The lowest BCUT2D eigenvalue weighted by Gasteiger charge is -2.34. The highest BCUT2D eigenvalue weighted by Crippen LogP contribution is 2.34. The number of hydrogen-bond donors (Lipinski definition) is 0. The quantitative estimate of drug-likeness (QED) is 0.722. The van der Waals surface area contributed by atoms with Crippen molar-refractivity contribution in [1.82, 2.24) is 9.88 Å². The molecule has 0 N–H and O–H groups in total. The van der Waals surface area contributed by atoms with E-state index in [0.29, 0.717) is 0 Å². The summed E-state index contributed by atoms with van der Waals surface area (Å²) >= 11 is 0. The number of likely N-dealkylation sites (tertiary alicyclic amines) is 1. The third kappa shape index (κ3) is 4.83. The van der Waals surface area contributed by atoms with Crippen LogP contribution in [-0.4, -0.2) is 49.8 Å². The van der Waals surface area contributed by atoms with Crippen LogP contribution in [0.1, 0.15) is 24.6 Å². The maximum absolute atomic E-state index is 5.91. The first kappa shape index (κ1) is 18.9. The average Bonchev–Trinajstić information content (AvgIpc) is 3.05. The zero-order valence-electron chi connectivity index (χ0n) is 16.3. The minimum absolute atomic E-state index is 0.179. The second-order valence-corrected chi connectivity index (χ2v) is 7.60. The molecule has 3 rings (SSSR count). The van der Waals surface area contributed by atoms with E-state index in [1.165, 1.54) is 17.7 Å². The van der Waals surface area contributed by atoms with E-state index in [9.17, 15) is 0 Å². The van der Waals surface area contributed by atoms with E-state index in [2.05, 4.69) is 71.2 Å². The molecule has 26 heavy (non-hydrogen) atoms. The molecule has 4 heteroatoms. The Morgan fingerprint density at radius 2 is 2.00 bits per heavy atom. The van der Waals surface area contributed by atoms with Crippen LogP contribution in [0.4, 0.5) is 5.69 Å². The van der Waals surface area contributed by atoms with Crippen LogP contribution in [0.15, 0.2) is 48.7 Å². The van der Waals surface area contributed by atoms with Gasteiger partial charge in [-0.2, -0.15) is 0 Å². The van der Waals surface area contributed by atoms with Crippen LogP contribution in [-0.2, 0) is 11.3 Å². The van der Waals surface area contributed by atoms with E-state index in [1.54, 1.807) is 0 Å². The van der Waals surface area contributed by atoms with Crippen LogP contribution >= 0.6 is 0 Å². The highest BCUT2D eigenvalue weighted by atomic mass is 16.5. The number of aromatic nitrogens is 1. The van der Waals surface area contributed by atoms with Crippen molar-refractivity contribution < 1.29 is 4.74 Å². The van der Waals surface area contributed by atoms with E-state index in [-0.39, 0.29) is 5.41 Å². The van der Waals surface area contributed by atoms with Gasteiger partial charge in [0.2, 0.25) is 0 Å². The van der Waals surface area contributed by atoms with Crippen LogP contribution in [0.3, 0.4) is 0 Å². The van der Waals surface area contributed by atoms with Crippen molar-refractivity contribution in [3.63, 3.8) is 0 Å². The van der Waals surface area contributed by atoms with Gasteiger partial charge < -0.3 is 9.64 Å². The Bertz CT molecular complexity index is 674. The summed E-state index contributed by atoms with van der Waals surface area (Å²) in [5.41, 5.74) is 3.81. The topological polar surface area (TPSA) is 28.6 Å². The number of pyridine rings is 1. The molecule has 0 saturated carbocycles. The third-order valence-electron chi connectivity index (χ3n) is 5.28. The van der Waals surface area contributed by atoms with E-state index in [4.69, 9.17) is 4.74 Å². The number of aryl methyl sites for hydroxylation is 1. The van der Waals surface area contributed by atoms with Gasteiger partial charge in [-0.15, -0.1) is 0 Å². The van der Waals surface area contributed by atoms with Crippen molar-refractivity contribution in [1.29, 1.82) is 0 Å². The molecular weight excluding hydrogens is 322 g/mol. The maximum Gasteiger partial charge on any atom is 0.0552 e. The van der Waals surface area contributed by atoms with Crippen molar-refractivity contribution in [2.24, 2.45) is 5.41 Å². The molecule has 140 valence electrons. The normalized spacial score (nSPS) is 20.4. The van der Waals surface area contributed by atoms with Gasteiger partial charge in [-0.1, -0.05) is 24.3 Å². The summed E-state index contributed by atoms with van der Waals surface area (Å²) in [6.07, 6.45) is 3.18. The molecule has 1 fully saturated rings. The second-order valence-electron chi connectivity index (χ2n) is 7.60. The Labute approximate surface area is 157 Å². The Morgan fingerprint density at radius 1 is 1.19 bits per heavy atom. The molecule has 1 atom stereocenters. The summed E-state index contributed by atoms with van der Waals surface area (Å²) in [5, 5.41) is 0. The Morgan fingerprint density at radius 3 is 2.69 bits per heavy atom. The highest BCUT2D eigenvalue weighted by Gasteiger charge is 2.39. The highest BCUT2D eigenvalue weighted by molar-refractivity contribution is 5.45. The SMILES string of the molecule is CCOC[C@]1(CN(C)c2ccccc2)CCN(Cc2ccc(C)nc2)C1. The van der Waals surface area contributed by atoms with E-state index < -0.39 is 0 Å². The average molecular weight is 354 g/mol. The van der Waals surface area contributed by atoms with Crippen molar-refractivity contribution in [2.45, 2.75) is 26.8 Å². The summed E-state index contributed by atoms with van der Waals surface area (Å²) in [4.78, 5) is 9.35. The smallest absolute Gasteiger partial charge is 0.0552 e. The molecule has 0 amide bonds. The first-order chi connectivity index (χ1) is 12.6. The van der Waals surface area contributed by atoms with Gasteiger partial charge in [0, 0.05) is 56.3 Å². The number of anilines is 1. The largest absolute Gasteiger partial charge is 0.381 e. The first-order valence-electron chi connectivity index (χ1n) is 9.58. The van der Waals surface area contributed by atoms with Gasteiger partial charge in [-0.3, -0.25) is 9.88 Å². The van der Waals surface area contributed by atoms with Gasteiger partial charge >= 0.3 is 0 Å². The van der Waals surface area contributed by atoms with Gasteiger partial charge in [0.1, 0.15) is 0 Å². The molecule has 4 nitrogen and oxygen atoms in total. The number of para-hydroxylation sites is 1. The van der Waals surface area contributed by atoms with Crippen LogP contribution in [0.25, 0.3) is 0 Å². The predicted molar refractivity (Wildman–Crippen MR) is 108 cm³/mol. The van der Waals surface area contributed by atoms with Gasteiger partial charge in [-0.05, 0) is 50.6 Å². The fraction of sp³-hybridized carbons (Fsp3) is 0.500. The van der Waals surface area contributed by atoms with Crippen molar-refractivity contribution >= 4 is 5.69 Å². The molecule has 1 aromatic heterocycles. The second kappa shape index (κ2) is 8.65. The van der Waals surface area contributed by atoms with E-state index >= 15 is 0 Å². The summed E-state index contributed by atoms with van der Waals surface area (Å²) in [6.45, 7) is 9.88. The molecule has 0 bridgehead atoms. The molecule has 0 spiro atoms. The predicted octanol–water partition coefficient (Wildman–Crippen LogP) is 3.76. The van der Waals surface area contributed by atoms with Crippen LogP contribution in [0.2, 0.25) is 0 Å². The fourth-order valence-corrected chi connectivity index (χ4v) is 3.90. The molecule has 1 aliphatic heterocycles. The monoisotopic (exact) mass is 353 g/mol. The molecule has 0 aliphatic carbocycles. The lowest BCUT2D eigenvalue weighted by atomic mass is 9.87. The van der Waals surface area contributed by atoms with E-state index in [1.807, 2.05) is 13.1 Å². The molecule has 1 aliphatic rings. The lowest BCUT2D eigenvalue weighted by molar-refractivity contribution is 0.0582. The van der Waals surface area contributed by atoms with Crippen LogP contribution < -0.4 is 4.90 Å². The zero-order valence-corrected chi connectivity index (χ0v) is 16.3. The summed E-state index contributed by atoms with van der Waals surface area (Å²) < 4.78 is 5.91. The standard InChI is InChI=1S/C22H31N3O/c1-4-26-18-22(16-24(3)21-8-6-5-7-9-21)12-13-25(17-22)15-20-11-10-19(2)23-14-20/h5-11,14H,4,12-13,15-18H2,1-3H3/t22-/m0/s1. The Hall–Kier alpha value is -1.91. The van der Waals surface area contributed by atoms with Gasteiger partial charge in [0.15, 0.2) is 0 Å². The van der Waals surface area contributed by atoms with Gasteiger partial charge in [0.25, 0.3) is 0 Å². The van der Waals surface area contributed by atoms with Crippen molar-refractivity contribution in [3.05, 3.63) is 59.9 Å². The number of hydrogen-bond acceptors (Lipinski definition) is 4. The number of nitrogens with zero attached hydrogens (tertiary/aromatic N) is 3. The minimum Gasteiger partial charge on any atom is -0.381 e. The molecule has 0 unspecified atom stereocenters. The maximum atomic E-state index is 5.91.